The van der Waals surface area contributed by atoms with E-state index in [9.17, 15) is 4.79 Å². The molecule has 4 heteroatoms. The molecule has 0 aliphatic rings. The lowest BCUT2D eigenvalue weighted by Crippen LogP contribution is -2.36. The fourth-order valence-corrected chi connectivity index (χ4v) is 1.75. The van der Waals surface area contributed by atoms with Gasteiger partial charge in [-0.05, 0) is 37.5 Å². The first-order valence-electron chi connectivity index (χ1n) is 6.22. The average Bonchev–Trinajstić information content (AvgIpc) is 2.29. The Hall–Kier alpha value is -1.55. The van der Waals surface area contributed by atoms with Crippen molar-refractivity contribution in [1.29, 1.82) is 0 Å². The average molecular weight is 250 g/mol. The number of carbonyl (C=O) groups excluding carboxylic acids is 1. The van der Waals surface area contributed by atoms with Crippen LogP contribution in [0.3, 0.4) is 0 Å². The van der Waals surface area contributed by atoms with Crippen LogP contribution in [0, 0.1) is 6.92 Å². The van der Waals surface area contributed by atoms with E-state index >= 15 is 0 Å². The minimum absolute atomic E-state index is 0.0338. The molecule has 1 aromatic carbocycles. The van der Waals surface area contributed by atoms with Gasteiger partial charge in [0.2, 0.25) is 5.91 Å². The Morgan fingerprint density at radius 2 is 2.11 bits per heavy atom. The third kappa shape index (κ3) is 4.75. The number of benzene rings is 1. The van der Waals surface area contributed by atoms with Crippen molar-refractivity contribution in [2.75, 3.05) is 20.7 Å². The maximum Gasteiger partial charge on any atom is 0.234 e. The van der Waals surface area contributed by atoms with Crippen molar-refractivity contribution < 1.29 is 9.53 Å². The van der Waals surface area contributed by atoms with Crippen molar-refractivity contribution in [1.82, 2.24) is 10.4 Å². The highest BCUT2D eigenvalue weighted by molar-refractivity contribution is 5.75. The van der Waals surface area contributed by atoms with Gasteiger partial charge in [-0.2, -0.15) is 0 Å². The van der Waals surface area contributed by atoms with Gasteiger partial charge in [-0.1, -0.05) is 12.1 Å². The number of carbonyl (C=O) groups is 1. The van der Waals surface area contributed by atoms with E-state index in [4.69, 9.17) is 4.74 Å². The van der Waals surface area contributed by atoms with E-state index in [0.717, 1.165) is 23.3 Å². The monoisotopic (exact) mass is 250 g/mol. The fraction of sp³-hybridized carbons (Fsp3) is 0.500. The summed E-state index contributed by atoms with van der Waals surface area (Å²) in [6.07, 6.45) is 1.23. The lowest BCUT2D eigenvalue weighted by molar-refractivity contribution is -0.124. The Labute approximate surface area is 109 Å². The molecule has 0 heterocycles. The Morgan fingerprint density at radius 1 is 1.39 bits per heavy atom. The highest BCUT2D eigenvalue weighted by Gasteiger charge is 2.05. The molecule has 4 nitrogen and oxygen atoms in total. The van der Waals surface area contributed by atoms with Crippen LogP contribution in [0.4, 0.5) is 0 Å². The first-order valence-corrected chi connectivity index (χ1v) is 6.22. The minimum atomic E-state index is 0.0338. The van der Waals surface area contributed by atoms with Gasteiger partial charge >= 0.3 is 0 Å². The topological polar surface area (TPSA) is 41.6 Å². The molecule has 100 valence electrons. The van der Waals surface area contributed by atoms with E-state index in [1.165, 1.54) is 0 Å². The van der Waals surface area contributed by atoms with Crippen LogP contribution in [0.15, 0.2) is 18.2 Å². The van der Waals surface area contributed by atoms with Crippen LogP contribution >= 0.6 is 0 Å². The maximum absolute atomic E-state index is 11.5. The summed E-state index contributed by atoms with van der Waals surface area (Å²) in [7, 11) is 3.61. The number of rotatable bonds is 6. The predicted molar refractivity (Wildman–Crippen MR) is 72.5 cm³/mol. The highest BCUT2D eigenvalue weighted by Crippen LogP contribution is 2.19. The zero-order valence-electron chi connectivity index (χ0n) is 11.6. The second kappa shape index (κ2) is 7.01. The van der Waals surface area contributed by atoms with Crippen molar-refractivity contribution >= 4 is 5.91 Å². The molecule has 18 heavy (non-hydrogen) atoms. The number of aryl methyl sites for hydroxylation is 2. The molecule has 1 N–H and O–H groups in total. The molecule has 0 saturated carbocycles. The third-order valence-electron chi connectivity index (χ3n) is 2.53. The van der Waals surface area contributed by atoms with Crippen LogP contribution in [0.5, 0.6) is 5.75 Å². The lowest BCUT2D eigenvalue weighted by Gasteiger charge is -2.12. The molecule has 0 aliphatic heterocycles. The Balaban J connectivity index is 2.53. The summed E-state index contributed by atoms with van der Waals surface area (Å²) >= 11 is 0. The van der Waals surface area contributed by atoms with Crippen molar-refractivity contribution in [3.63, 3.8) is 0 Å². The quantitative estimate of drug-likeness (QED) is 0.784. The Kier molecular flexibility index (Phi) is 5.65. The smallest absolute Gasteiger partial charge is 0.234 e. The van der Waals surface area contributed by atoms with Gasteiger partial charge in [-0.25, -0.2) is 5.01 Å². The molecule has 0 saturated heterocycles. The SMILES string of the molecule is CCOc1ccc(CCC(=O)NN(C)C)cc1C. The molecular weight excluding hydrogens is 228 g/mol. The number of hydrazine groups is 1. The minimum Gasteiger partial charge on any atom is -0.494 e. The summed E-state index contributed by atoms with van der Waals surface area (Å²) in [4.78, 5) is 11.5. The summed E-state index contributed by atoms with van der Waals surface area (Å²) in [6.45, 7) is 4.67. The molecule has 0 aromatic heterocycles. The van der Waals surface area contributed by atoms with Crippen molar-refractivity contribution in [3.8, 4) is 5.75 Å². The molecule has 0 unspecified atom stereocenters. The van der Waals surface area contributed by atoms with Crippen LogP contribution in [-0.4, -0.2) is 31.6 Å². The first-order chi connectivity index (χ1) is 8.52. The van der Waals surface area contributed by atoms with Crippen molar-refractivity contribution in [2.24, 2.45) is 0 Å². The van der Waals surface area contributed by atoms with Gasteiger partial charge in [0.05, 0.1) is 6.61 Å². The number of nitrogens with one attached hydrogen (secondary N) is 1. The van der Waals surface area contributed by atoms with E-state index in [2.05, 4.69) is 11.5 Å². The first kappa shape index (κ1) is 14.5. The fourth-order valence-electron chi connectivity index (χ4n) is 1.75. The van der Waals surface area contributed by atoms with Crippen LogP contribution in [0.25, 0.3) is 0 Å². The standard InChI is InChI=1S/C14H22N2O2/c1-5-18-13-8-6-12(10-11(13)2)7-9-14(17)15-16(3)4/h6,8,10H,5,7,9H2,1-4H3,(H,15,17). The number of amides is 1. The van der Waals surface area contributed by atoms with Gasteiger partial charge in [-0.15, -0.1) is 0 Å². The molecule has 1 rings (SSSR count). The van der Waals surface area contributed by atoms with Gasteiger partial charge in [0.1, 0.15) is 5.75 Å². The summed E-state index contributed by atoms with van der Waals surface area (Å²) in [6, 6.07) is 6.06. The summed E-state index contributed by atoms with van der Waals surface area (Å²) in [5, 5.41) is 1.66. The van der Waals surface area contributed by atoms with Crippen LogP contribution in [-0.2, 0) is 11.2 Å². The second-order valence-electron chi connectivity index (χ2n) is 4.46. The predicted octanol–water partition coefficient (Wildman–Crippen LogP) is 1.92. The number of hydrogen-bond acceptors (Lipinski definition) is 3. The van der Waals surface area contributed by atoms with Gasteiger partial charge in [0.25, 0.3) is 0 Å². The number of nitrogens with zero attached hydrogens (tertiary/aromatic N) is 1. The van der Waals surface area contributed by atoms with E-state index in [0.29, 0.717) is 13.0 Å². The molecule has 0 bridgehead atoms. The maximum atomic E-state index is 11.5. The van der Waals surface area contributed by atoms with Gasteiger partial charge in [-0.3, -0.25) is 10.2 Å². The van der Waals surface area contributed by atoms with Gasteiger partial charge in [0, 0.05) is 20.5 Å². The van der Waals surface area contributed by atoms with E-state index in [-0.39, 0.29) is 5.91 Å². The molecule has 0 fully saturated rings. The Morgan fingerprint density at radius 3 is 2.67 bits per heavy atom. The molecule has 0 atom stereocenters. The molecule has 0 aliphatic carbocycles. The van der Waals surface area contributed by atoms with Crippen molar-refractivity contribution in [3.05, 3.63) is 29.3 Å². The van der Waals surface area contributed by atoms with E-state index in [1.54, 1.807) is 19.1 Å². The van der Waals surface area contributed by atoms with Gasteiger partial charge < -0.3 is 4.74 Å². The highest BCUT2D eigenvalue weighted by atomic mass is 16.5. The van der Waals surface area contributed by atoms with E-state index < -0.39 is 0 Å². The summed E-state index contributed by atoms with van der Waals surface area (Å²) < 4.78 is 5.48. The lowest BCUT2D eigenvalue weighted by atomic mass is 10.1. The summed E-state index contributed by atoms with van der Waals surface area (Å²) in [5.41, 5.74) is 5.00. The number of ether oxygens (including phenoxy) is 1. The molecule has 0 spiro atoms. The molecular formula is C14H22N2O2. The molecule has 1 amide bonds. The Bertz CT molecular complexity index is 403. The van der Waals surface area contributed by atoms with Crippen LogP contribution in [0.2, 0.25) is 0 Å². The van der Waals surface area contributed by atoms with Gasteiger partial charge in [0.15, 0.2) is 0 Å². The number of hydrogen-bond donors (Lipinski definition) is 1. The van der Waals surface area contributed by atoms with Crippen LogP contribution < -0.4 is 10.2 Å². The second-order valence-corrected chi connectivity index (χ2v) is 4.46. The zero-order chi connectivity index (χ0) is 13.5. The van der Waals surface area contributed by atoms with E-state index in [1.807, 2.05) is 26.0 Å². The largest absolute Gasteiger partial charge is 0.494 e. The molecule has 0 radical (unpaired) electrons. The summed E-state index contributed by atoms with van der Waals surface area (Å²) in [5.74, 6) is 0.950. The van der Waals surface area contributed by atoms with Crippen molar-refractivity contribution in [2.45, 2.75) is 26.7 Å². The van der Waals surface area contributed by atoms with Crippen LogP contribution in [0.1, 0.15) is 24.5 Å². The zero-order valence-corrected chi connectivity index (χ0v) is 11.6. The normalized spacial score (nSPS) is 10.5. The third-order valence-corrected chi connectivity index (χ3v) is 2.53. The molecule has 1 aromatic rings.